The largest absolute Gasteiger partial charge is 0.376 e. The summed E-state index contributed by atoms with van der Waals surface area (Å²) in [6, 6.07) is 6.98. The first kappa shape index (κ1) is 19.7. The predicted octanol–water partition coefficient (Wildman–Crippen LogP) is 1.61. The molecule has 2 aliphatic rings. The Morgan fingerprint density at radius 1 is 1.34 bits per heavy atom. The van der Waals surface area contributed by atoms with Crippen LogP contribution in [-0.2, 0) is 20.9 Å². The molecule has 3 heterocycles. The molecule has 2 aromatic rings. The summed E-state index contributed by atoms with van der Waals surface area (Å²) in [6.07, 6.45) is 2.10. The van der Waals surface area contributed by atoms with Crippen LogP contribution < -0.4 is 15.9 Å². The van der Waals surface area contributed by atoms with E-state index in [1.807, 2.05) is 25.1 Å². The highest BCUT2D eigenvalue weighted by Gasteiger charge is 2.30. The van der Waals surface area contributed by atoms with E-state index < -0.39 is 0 Å². The van der Waals surface area contributed by atoms with Gasteiger partial charge in [0.05, 0.1) is 29.8 Å². The van der Waals surface area contributed by atoms with Gasteiger partial charge in [0.2, 0.25) is 11.8 Å². The lowest BCUT2D eigenvalue weighted by atomic mass is 10.2. The normalized spacial score (nSPS) is 21.6. The number of fused-ring (bicyclic) bond motifs is 1. The highest BCUT2D eigenvalue weighted by molar-refractivity contribution is 7.99. The average Bonchev–Trinajstić information content (AvgIpc) is 3.29. The smallest absolute Gasteiger partial charge is 0.344 e. The van der Waals surface area contributed by atoms with Gasteiger partial charge in [-0.3, -0.25) is 14.2 Å². The predicted molar refractivity (Wildman–Crippen MR) is 109 cm³/mol. The first-order valence-corrected chi connectivity index (χ1v) is 10.6. The fourth-order valence-electron chi connectivity index (χ4n) is 3.73. The molecule has 0 radical (unpaired) electrons. The van der Waals surface area contributed by atoms with E-state index in [0.717, 1.165) is 12.8 Å². The number of ether oxygens (including phenoxy) is 1. The van der Waals surface area contributed by atoms with Crippen LogP contribution in [0.15, 0.2) is 34.2 Å². The number of nitrogens with one attached hydrogen (secondary N) is 2. The molecule has 2 atom stereocenters. The molecule has 154 valence electrons. The summed E-state index contributed by atoms with van der Waals surface area (Å²) in [6.45, 7) is 2.98. The van der Waals surface area contributed by atoms with Crippen molar-refractivity contribution in [3.8, 4) is 0 Å². The number of aromatic nitrogens is 3. The van der Waals surface area contributed by atoms with Crippen LogP contribution >= 0.6 is 11.8 Å². The second-order valence-electron chi connectivity index (χ2n) is 7.23. The first-order valence-electron chi connectivity index (χ1n) is 9.63. The molecule has 10 heteroatoms. The van der Waals surface area contributed by atoms with Gasteiger partial charge in [-0.05, 0) is 31.9 Å². The van der Waals surface area contributed by atoms with Gasteiger partial charge in [0.15, 0.2) is 5.16 Å². The third-order valence-corrected chi connectivity index (χ3v) is 6.05. The van der Waals surface area contributed by atoms with Crippen LogP contribution in [0.3, 0.4) is 0 Å². The van der Waals surface area contributed by atoms with Gasteiger partial charge in [-0.1, -0.05) is 23.9 Å². The van der Waals surface area contributed by atoms with Crippen molar-refractivity contribution in [2.24, 2.45) is 0 Å². The number of anilines is 2. The van der Waals surface area contributed by atoms with Crippen LogP contribution in [0.2, 0.25) is 0 Å². The molecule has 0 saturated carbocycles. The molecule has 1 aromatic carbocycles. The number of aromatic amines is 1. The molecule has 1 saturated heterocycles. The summed E-state index contributed by atoms with van der Waals surface area (Å²) in [7, 11) is 0. The Kier molecular flexibility index (Phi) is 5.72. The Hall–Kier alpha value is -2.59. The lowest BCUT2D eigenvalue weighted by molar-refractivity contribution is -0.117. The molecule has 0 aliphatic carbocycles. The van der Waals surface area contributed by atoms with Crippen molar-refractivity contribution in [1.82, 2.24) is 14.8 Å². The number of rotatable bonds is 5. The second-order valence-corrected chi connectivity index (χ2v) is 8.17. The van der Waals surface area contributed by atoms with E-state index in [2.05, 4.69) is 15.5 Å². The van der Waals surface area contributed by atoms with Gasteiger partial charge in [0, 0.05) is 19.1 Å². The Balaban J connectivity index is 1.50. The summed E-state index contributed by atoms with van der Waals surface area (Å²) in [5, 5.41) is 9.83. The summed E-state index contributed by atoms with van der Waals surface area (Å²) in [5.74, 6) is -0.168. The molecule has 1 aromatic heterocycles. The summed E-state index contributed by atoms with van der Waals surface area (Å²) in [5.41, 5.74) is 0.990. The van der Waals surface area contributed by atoms with Gasteiger partial charge in [0.1, 0.15) is 0 Å². The van der Waals surface area contributed by atoms with Crippen LogP contribution in [0, 0.1) is 0 Å². The van der Waals surface area contributed by atoms with Gasteiger partial charge >= 0.3 is 5.69 Å². The van der Waals surface area contributed by atoms with E-state index in [0.29, 0.717) is 29.7 Å². The van der Waals surface area contributed by atoms with E-state index in [4.69, 9.17) is 4.74 Å². The lowest BCUT2D eigenvalue weighted by Crippen LogP contribution is -2.40. The van der Waals surface area contributed by atoms with Gasteiger partial charge in [-0.2, -0.15) is 0 Å². The maximum Gasteiger partial charge on any atom is 0.344 e. The average molecular weight is 417 g/mol. The van der Waals surface area contributed by atoms with Gasteiger partial charge < -0.3 is 15.0 Å². The van der Waals surface area contributed by atoms with Crippen LogP contribution in [0.5, 0.6) is 0 Å². The van der Waals surface area contributed by atoms with Crippen LogP contribution in [0.25, 0.3) is 0 Å². The fraction of sp³-hybridized carbons (Fsp3) is 0.474. The zero-order chi connectivity index (χ0) is 20.4. The standard InChI is InChI=1S/C19H23N5O4S/c1-12-9-16(25)20-14-6-2-3-7-15(14)24(12)17(26)11-29-19-22-21-18(27)23(19)10-13-5-4-8-28-13/h2-3,6-7,12-13H,4-5,8-11H2,1H3,(H,20,25)(H,21,27). The van der Waals surface area contributed by atoms with E-state index in [-0.39, 0.29) is 41.8 Å². The summed E-state index contributed by atoms with van der Waals surface area (Å²) < 4.78 is 7.14. The van der Waals surface area contributed by atoms with Crippen LogP contribution in [0.1, 0.15) is 26.2 Å². The number of nitrogens with zero attached hydrogens (tertiary/aromatic N) is 3. The topological polar surface area (TPSA) is 109 Å². The van der Waals surface area contributed by atoms with Crippen molar-refractivity contribution >= 4 is 35.0 Å². The van der Waals surface area contributed by atoms with Crippen LogP contribution in [-0.4, -0.2) is 51.1 Å². The van der Waals surface area contributed by atoms with Gasteiger partial charge in [-0.15, -0.1) is 5.10 Å². The Bertz CT molecular complexity index is 966. The third-order valence-electron chi connectivity index (χ3n) is 5.09. The minimum Gasteiger partial charge on any atom is -0.376 e. The highest BCUT2D eigenvalue weighted by atomic mass is 32.2. The Morgan fingerprint density at radius 2 is 2.17 bits per heavy atom. The van der Waals surface area contributed by atoms with Crippen molar-refractivity contribution in [3.63, 3.8) is 0 Å². The zero-order valence-electron chi connectivity index (χ0n) is 16.1. The maximum absolute atomic E-state index is 13.1. The van der Waals surface area contributed by atoms with Gasteiger partial charge in [0.25, 0.3) is 0 Å². The number of para-hydroxylation sites is 2. The number of hydrogen-bond acceptors (Lipinski definition) is 6. The van der Waals surface area contributed by atoms with Crippen molar-refractivity contribution in [2.45, 2.75) is 50.0 Å². The van der Waals surface area contributed by atoms with Gasteiger partial charge in [-0.25, -0.2) is 9.89 Å². The SMILES string of the molecule is CC1CC(=O)Nc2ccccc2N1C(=O)CSc1n[nH]c(=O)n1CC1CCCO1. The minimum absolute atomic E-state index is 0.00468. The minimum atomic E-state index is -0.307. The number of carbonyl (C=O) groups excluding carboxylic acids is 2. The first-order chi connectivity index (χ1) is 14.0. The Labute approximate surface area is 171 Å². The lowest BCUT2D eigenvalue weighted by Gasteiger charge is -2.27. The highest BCUT2D eigenvalue weighted by Crippen LogP contribution is 2.32. The van der Waals surface area contributed by atoms with Crippen molar-refractivity contribution < 1.29 is 14.3 Å². The molecule has 2 amide bonds. The monoisotopic (exact) mass is 417 g/mol. The number of thioether (sulfide) groups is 1. The molecule has 0 bridgehead atoms. The number of amides is 2. The van der Waals surface area contributed by atoms with Crippen molar-refractivity contribution in [2.75, 3.05) is 22.6 Å². The maximum atomic E-state index is 13.1. The molecule has 29 heavy (non-hydrogen) atoms. The van der Waals surface area contributed by atoms with Crippen molar-refractivity contribution in [3.05, 3.63) is 34.7 Å². The zero-order valence-corrected chi connectivity index (χ0v) is 16.9. The number of benzene rings is 1. The fourth-order valence-corrected chi connectivity index (χ4v) is 4.55. The quantitative estimate of drug-likeness (QED) is 0.716. The molecule has 0 spiro atoms. The number of hydrogen-bond donors (Lipinski definition) is 2. The van der Waals surface area contributed by atoms with E-state index in [9.17, 15) is 14.4 Å². The molecule has 4 rings (SSSR count). The number of carbonyl (C=O) groups is 2. The van der Waals surface area contributed by atoms with E-state index >= 15 is 0 Å². The van der Waals surface area contributed by atoms with E-state index in [1.165, 1.54) is 16.3 Å². The van der Waals surface area contributed by atoms with Crippen molar-refractivity contribution in [1.29, 1.82) is 0 Å². The third kappa shape index (κ3) is 4.23. The summed E-state index contributed by atoms with van der Waals surface area (Å²) in [4.78, 5) is 38.9. The molecule has 2 N–H and O–H groups in total. The molecular formula is C19H23N5O4S. The molecule has 9 nitrogen and oxygen atoms in total. The van der Waals surface area contributed by atoms with E-state index in [1.54, 1.807) is 11.0 Å². The second kappa shape index (κ2) is 8.42. The van der Waals surface area contributed by atoms with Crippen LogP contribution in [0.4, 0.5) is 11.4 Å². The molecule has 2 aliphatic heterocycles. The molecular weight excluding hydrogens is 394 g/mol. The molecule has 1 fully saturated rings. The molecule has 2 unspecified atom stereocenters. The number of H-pyrrole nitrogens is 1. The summed E-state index contributed by atoms with van der Waals surface area (Å²) >= 11 is 1.21. The Morgan fingerprint density at radius 3 is 2.97 bits per heavy atom.